The van der Waals surface area contributed by atoms with E-state index in [1.165, 1.54) is 51.4 Å². The van der Waals surface area contributed by atoms with Crippen molar-refractivity contribution in [2.24, 2.45) is 0 Å². The number of aliphatic hydroxyl groups excluding tert-OH is 1. The summed E-state index contributed by atoms with van der Waals surface area (Å²) in [7, 11) is 0. The summed E-state index contributed by atoms with van der Waals surface area (Å²) in [4.78, 5) is 12.1. The Bertz CT molecular complexity index is 744. The maximum absolute atomic E-state index is 12.1. The largest absolute Gasteiger partial charge is 0.457 e. The molecule has 0 bridgehead atoms. The minimum atomic E-state index is -0.563. The van der Waals surface area contributed by atoms with Gasteiger partial charge in [-0.3, -0.25) is 4.79 Å². The third-order valence-electron chi connectivity index (χ3n) is 6.80. The van der Waals surface area contributed by atoms with Crippen LogP contribution in [0.3, 0.4) is 0 Å². The Kier molecular flexibility index (Phi) is 33.2. The van der Waals surface area contributed by atoms with Gasteiger partial charge in [0.05, 0.1) is 13.2 Å². The lowest BCUT2D eigenvalue weighted by atomic mass is 10.1. The number of carbonyl (C=O) groups excluding carboxylic acids is 1. The number of esters is 1. The smallest absolute Gasteiger partial charge is 0.306 e. The summed E-state index contributed by atoms with van der Waals surface area (Å²) >= 11 is 0. The first-order valence-electron chi connectivity index (χ1n) is 17.0. The Labute approximate surface area is 259 Å². The van der Waals surface area contributed by atoms with Crippen LogP contribution in [0.4, 0.5) is 0 Å². The molecule has 0 aliphatic carbocycles. The van der Waals surface area contributed by atoms with Crippen molar-refractivity contribution in [3.8, 4) is 0 Å². The topological polar surface area (TPSA) is 55.8 Å². The van der Waals surface area contributed by atoms with E-state index < -0.39 is 6.10 Å². The third kappa shape index (κ3) is 32.3. The third-order valence-corrected chi connectivity index (χ3v) is 6.80. The van der Waals surface area contributed by atoms with Crippen molar-refractivity contribution in [3.63, 3.8) is 0 Å². The molecule has 4 nitrogen and oxygen atoms in total. The van der Waals surface area contributed by atoms with Gasteiger partial charge < -0.3 is 14.6 Å². The number of allylic oxidation sites excluding steroid dienone is 12. The van der Waals surface area contributed by atoms with E-state index >= 15 is 0 Å². The Hall–Kier alpha value is -2.17. The fourth-order valence-corrected chi connectivity index (χ4v) is 4.28. The van der Waals surface area contributed by atoms with Crippen molar-refractivity contribution >= 4 is 5.97 Å². The van der Waals surface area contributed by atoms with Crippen molar-refractivity contribution in [2.75, 3.05) is 19.8 Å². The monoisotopic (exact) mass is 584 g/mol. The van der Waals surface area contributed by atoms with Crippen LogP contribution in [0.1, 0.15) is 136 Å². The summed E-state index contributed by atoms with van der Waals surface area (Å²) in [6, 6.07) is 0. The molecule has 0 aromatic rings. The zero-order chi connectivity index (χ0) is 30.6. The minimum Gasteiger partial charge on any atom is -0.457 e. The average molecular weight is 585 g/mol. The van der Waals surface area contributed by atoms with Gasteiger partial charge in [0.1, 0.15) is 6.10 Å². The molecule has 0 saturated carbocycles. The van der Waals surface area contributed by atoms with Crippen molar-refractivity contribution in [1.82, 2.24) is 0 Å². The molecule has 4 heteroatoms. The minimum absolute atomic E-state index is 0.197. The molecule has 240 valence electrons. The summed E-state index contributed by atoms with van der Waals surface area (Å²) in [5.74, 6) is -0.227. The molecule has 1 N–H and O–H groups in total. The van der Waals surface area contributed by atoms with E-state index in [9.17, 15) is 9.90 Å². The molecular formula is C38H64O4. The molecule has 1 atom stereocenters. The van der Waals surface area contributed by atoms with E-state index in [0.29, 0.717) is 13.0 Å². The fraction of sp³-hybridized carbons (Fsp3) is 0.658. The Morgan fingerprint density at radius 2 is 1.05 bits per heavy atom. The van der Waals surface area contributed by atoms with Crippen molar-refractivity contribution in [1.29, 1.82) is 0 Å². The molecule has 0 saturated heterocycles. The lowest BCUT2D eigenvalue weighted by molar-refractivity contribution is -0.154. The summed E-state index contributed by atoms with van der Waals surface area (Å²) in [6.45, 7) is 5.06. The van der Waals surface area contributed by atoms with Crippen LogP contribution in [0.2, 0.25) is 0 Å². The van der Waals surface area contributed by atoms with E-state index in [1.807, 2.05) is 0 Å². The molecule has 0 rings (SSSR count). The van der Waals surface area contributed by atoms with E-state index in [4.69, 9.17) is 9.47 Å². The van der Waals surface area contributed by atoms with Gasteiger partial charge in [-0.15, -0.1) is 0 Å². The SMILES string of the molecule is CC/C=C\C/C=C\C/C=C\C/C=C\C/C=C\C/C=C\CCCOCC(CO)OC(=O)CCCCCCCCCCCC. The summed E-state index contributed by atoms with van der Waals surface area (Å²) < 4.78 is 11.0. The molecule has 0 amide bonds. The molecule has 0 aromatic heterocycles. The first-order valence-corrected chi connectivity index (χ1v) is 17.0. The molecular weight excluding hydrogens is 520 g/mol. The summed E-state index contributed by atoms with van der Waals surface area (Å²) in [6.07, 6.45) is 46.6. The van der Waals surface area contributed by atoms with Gasteiger partial charge in [0.15, 0.2) is 0 Å². The predicted molar refractivity (Wildman–Crippen MR) is 182 cm³/mol. The number of aliphatic hydroxyl groups is 1. The Morgan fingerprint density at radius 1 is 0.595 bits per heavy atom. The number of unbranched alkanes of at least 4 members (excludes halogenated alkanes) is 10. The second-order valence-corrected chi connectivity index (χ2v) is 10.9. The van der Waals surface area contributed by atoms with E-state index in [0.717, 1.165) is 64.2 Å². The summed E-state index contributed by atoms with van der Waals surface area (Å²) in [5.41, 5.74) is 0. The van der Waals surface area contributed by atoms with Crippen LogP contribution in [0.15, 0.2) is 72.9 Å². The predicted octanol–water partition coefficient (Wildman–Crippen LogP) is 10.7. The van der Waals surface area contributed by atoms with Gasteiger partial charge in [-0.25, -0.2) is 0 Å². The molecule has 0 aromatic carbocycles. The zero-order valence-electron chi connectivity index (χ0n) is 27.2. The normalized spacial score (nSPS) is 13.3. The van der Waals surface area contributed by atoms with Crippen LogP contribution in [-0.2, 0) is 14.3 Å². The second-order valence-electron chi connectivity index (χ2n) is 10.9. The van der Waals surface area contributed by atoms with E-state index in [2.05, 4.69) is 86.8 Å². The highest BCUT2D eigenvalue weighted by Gasteiger charge is 2.13. The average Bonchev–Trinajstić information content (AvgIpc) is 3.00. The van der Waals surface area contributed by atoms with Crippen molar-refractivity contribution in [2.45, 2.75) is 142 Å². The van der Waals surface area contributed by atoms with Gasteiger partial charge in [0.2, 0.25) is 0 Å². The van der Waals surface area contributed by atoms with Gasteiger partial charge in [0, 0.05) is 13.0 Å². The van der Waals surface area contributed by atoms with Gasteiger partial charge >= 0.3 is 5.97 Å². The van der Waals surface area contributed by atoms with Crippen molar-refractivity contribution < 1.29 is 19.4 Å². The lowest BCUT2D eigenvalue weighted by Crippen LogP contribution is -2.27. The van der Waals surface area contributed by atoms with E-state index in [-0.39, 0.29) is 19.2 Å². The van der Waals surface area contributed by atoms with Gasteiger partial charge in [0.25, 0.3) is 0 Å². The summed E-state index contributed by atoms with van der Waals surface area (Å²) in [5, 5.41) is 9.51. The first-order chi connectivity index (χ1) is 20.7. The van der Waals surface area contributed by atoms with Crippen LogP contribution in [0.25, 0.3) is 0 Å². The van der Waals surface area contributed by atoms with Crippen LogP contribution in [0, 0.1) is 0 Å². The van der Waals surface area contributed by atoms with Gasteiger partial charge in [-0.05, 0) is 57.8 Å². The van der Waals surface area contributed by atoms with Gasteiger partial charge in [-0.1, -0.05) is 145 Å². The molecule has 0 spiro atoms. The van der Waals surface area contributed by atoms with Crippen LogP contribution in [0.5, 0.6) is 0 Å². The number of ether oxygens (including phenoxy) is 2. The van der Waals surface area contributed by atoms with E-state index in [1.54, 1.807) is 0 Å². The molecule has 0 heterocycles. The maximum Gasteiger partial charge on any atom is 0.306 e. The number of hydrogen-bond donors (Lipinski definition) is 1. The zero-order valence-corrected chi connectivity index (χ0v) is 27.2. The van der Waals surface area contributed by atoms with Crippen LogP contribution >= 0.6 is 0 Å². The lowest BCUT2D eigenvalue weighted by Gasteiger charge is -2.15. The van der Waals surface area contributed by atoms with Gasteiger partial charge in [-0.2, -0.15) is 0 Å². The maximum atomic E-state index is 12.1. The van der Waals surface area contributed by atoms with Crippen LogP contribution < -0.4 is 0 Å². The number of carbonyl (C=O) groups is 1. The molecule has 1 unspecified atom stereocenters. The number of hydrogen-bond acceptors (Lipinski definition) is 4. The molecule has 0 radical (unpaired) electrons. The Balaban J connectivity index is 3.62. The van der Waals surface area contributed by atoms with Crippen LogP contribution in [-0.4, -0.2) is 37.0 Å². The molecule has 0 aliphatic rings. The van der Waals surface area contributed by atoms with Crippen molar-refractivity contribution in [3.05, 3.63) is 72.9 Å². The highest BCUT2D eigenvalue weighted by Crippen LogP contribution is 2.12. The quantitative estimate of drug-likeness (QED) is 0.0518. The second kappa shape index (κ2) is 35.0. The molecule has 0 aliphatic heterocycles. The molecule has 42 heavy (non-hydrogen) atoms. The highest BCUT2D eigenvalue weighted by molar-refractivity contribution is 5.69. The molecule has 0 fully saturated rings. The standard InChI is InChI=1S/C38H64O4/c1-3-5-7-9-11-13-15-16-17-18-19-20-21-22-23-24-26-28-30-32-34-41-36-37(35-39)42-38(40)33-31-29-27-25-14-12-10-8-6-4-2/h5,7,11,13,16-17,19-20,22-23,26,28,37,39H,3-4,6,8-10,12,14-15,18,21,24-25,27,29-36H2,1-2H3/b7-5-,13-11-,17-16-,20-19-,23-22-,28-26-. The fourth-order valence-electron chi connectivity index (χ4n) is 4.28. The highest BCUT2D eigenvalue weighted by atomic mass is 16.6. The first kappa shape index (κ1) is 39.8. The number of rotatable bonds is 30. The Morgan fingerprint density at radius 3 is 1.52 bits per heavy atom.